The van der Waals surface area contributed by atoms with Crippen LogP contribution in [0.5, 0.6) is 0 Å². The zero-order chi connectivity index (χ0) is 12.8. The van der Waals surface area contributed by atoms with Gasteiger partial charge in [0.2, 0.25) is 0 Å². The van der Waals surface area contributed by atoms with E-state index in [1.807, 2.05) is 6.92 Å². The summed E-state index contributed by atoms with van der Waals surface area (Å²) in [6, 6.07) is 4.60. The average Bonchev–Trinajstić information content (AvgIpc) is 2.28. The summed E-state index contributed by atoms with van der Waals surface area (Å²) in [4.78, 5) is 10.1. The summed E-state index contributed by atoms with van der Waals surface area (Å²) in [7, 11) is 1.65. The van der Waals surface area contributed by atoms with Gasteiger partial charge in [0.1, 0.15) is 0 Å². The number of anilines is 2. The first kappa shape index (κ1) is 13.2. The minimum absolute atomic E-state index is 0.00223. The third-order valence-electron chi connectivity index (χ3n) is 2.40. The molecule has 1 rings (SSSR count). The Kier molecular flexibility index (Phi) is 4.71. The van der Waals surface area contributed by atoms with E-state index in [0.29, 0.717) is 18.0 Å². The summed E-state index contributed by atoms with van der Waals surface area (Å²) >= 11 is 0. The van der Waals surface area contributed by atoms with Gasteiger partial charge in [0, 0.05) is 31.9 Å². The van der Waals surface area contributed by atoms with Crippen molar-refractivity contribution in [2.45, 2.75) is 19.4 Å². The molecule has 0 fully saturated rings. The van der Waals surface area contributed by atoms with Crippen molar-refractivity contribution in [1.29, 1.82) is 0 Å². The lowest BCUT2D eigenvalue weighted by Gasteiger charge is -2.16. The van der Waals surface area contributed by atoms with Gasteiger partial charge >= 0.3 is 0 Å². The van der Waals surface area contributed by atoms with Crippen LogP contribution in [-0.4, -0.2) is 24.7 Å². The molecule has 0 amide bonds. The number of rotatable bonds is 6. The van der Waals surface area contributed by atoms with Crippen LogP contribution in [0.3, 0.4) is 0 Å². The highest BCUT2D eigenvalue weighted by molar-refractivity contribution is 5.69. The first-order chi connectivity index (χ1) is 8.04. The number of methoxy groups -OCH3 is 1. The molecule has 3 N–H and O–H groups in total. The molecule has 0 aliphatic heterocycles. The summed E-state index contributed by atoms with van der Waals surface area (Å²) in [5, 5.41) is 13.7. The highest BCUT2D eigenvalue weighted by Gasteiger charge is 2.10. The Labute approximate surface area is 99.9 Å². The van der Waals surface area contributed by atoms with Crippen LogP contribution in [0.15, 0.2) is 18.2 Å². The number of ether oxygens (including phenoxy) is 1. The molecule has 0 aromatic heterocycles. The number of nitro benzene ring substituents is 1. The van der Waals surface area contributed by atoms with E-state index in [2.05, 4.69) is 5.32 Å². The topological polar surface area (TPSA) is 90.4 Å². The maximum absolute atomic E-state index is 10.5. The number of hydrogen-bond donors (Lipinski definition) is 2. The van der Waals surface area contributed by atoms with Crippen molar-refractivity contribution in [3.63, 3.8) is 0 Å². The molecule has 6 heteroatoms. The number of benzene rings is 1. The van der Waals surface area contributed by atoms with E-state index in [4.69, 9.17) is 10.5 Å². The molecular weight excluding hydrogens is 222 g/mol. The minimum atomic E-state index is -0.464. The zero-order valence-corrected chi connectivity index (χ0v) is 9.97. The highest BCUT2D eigenvalue weighted by Crippen LogP contribution is 2.24. The molecule has 0 spiro atoms. The number of hydrogen-bond acceptors (Lipinski definition) is 5. The van der Waals surface area contributed by atoms with Crippen LogP contribution in [0.25, 0.3) is 0 Å². The van der Waals surface area contributed by atoms with Crippen molar-refractivity contribution in [1.82, 2.24) is 0 Å². The Bertz CT molecular complexity index is 396. The number of nitrogens with one attached hydrogen (secondary N) is 1. The molecule has 0 aliphatic carbocycles. The van der Waals surface area contributed by atoms with Crippen LogP contribution in [-0.2, 0) is 4.74 Å². The molecule has 1 unspecified atom stereocenters. The Morgan fingerprint density at radius 3 is 2.82 bits per heavy atom. The van der Waals surface area contributed by atoms with Crippen LogP contribution in [0.1, 0.15) is 13.3 Å². The molecule has 0 bridgehead atoms. The zero-order valence-electron chi connectivity index (χ0n) is 9.97. The van der Waals surface area contributed by atoms with E-state index in [1.165, 1.54) is 12.1 Å². The van der Waals surface area contributed by atoms with E-state index < -0.39 is 4.92 Å². The average molecular weight is 239 g/mol. The van der Waals surface area contributed by atoms with Crippen LogP contribution >= 0.6 is 0 Å². The predicted octanol–water partition coefficient (Wildman–Crippen LogP) is 2.01. The van der Waals surface area contributed by atoms with Crippen LogP contribution in [0, 0.1) is 10.1 Å². The van der Waals surface area contributed by atoms with Crippen molar-refractivity contribution < 1.29 is 9.66 Å². The summed E-state index contributed by atoms with van der Waals surface area (Å²) in [6.45, 7) is 2.65. The van der Waals surface area contributed by atoms with Crippen molar-refractivity contribution >= 4 is 17.1 Å². The van der Waals surface area contributed by atoms with E-state index in [-0.39, 0.29) is 11.7 Å². The number of nitrogens with two attached hydrogens (primary N) is 1. The fourth-order valence-electron chi connectivity index (χ4n) is 1.43. The molecule has 0 aliphatic rings. The van der Waals surface area contributed by atoms with Gasteiger partial charge in [0.15, 0.2) is 0 Å². The van der Waals surface area contributed by atoms with Crippen LogP contribution in [0.4, 0.5) is 17.1 Å². The minimum Gasteiger partial charge on any atom is -0.397 e. The van der Waals surface area contributed by atoms with E-state index in [0.717, 1.165) is 6.42 Å². The summed E-state index contributed by atoms with van der Waals surface area (Å²) in [6.07, 6.45) is 0.840. The Balaban J connectivity index is 2.69. The van der Waals surface area contributed by atoms with Gasteiger partial charge in [-0.25, -0.2) is 0 Å². The molecular formula is C11H17N3O3. The maximum Gasteiger partial charge on any atom is 0.271 e. The van der Waals surface area contributed by atoms with E-state index >= 15 is 0 Å². The molecule has 0 saturated heterocycles. The van der Waals surface area contributed by atoms with Gasteiger partial charge in [-0.1, -0.05) is 0 Å². The Morgan fingerprint density at radius 1 is 1.59 bits per heavy atom. The number of nitrogens with zero attached hydrogens (tertiary/aromatic N) is 1. The summed E-state index contributed by atoms with van der Waals surface area (Å²) in [5.41, 5.74) is 6.82. The predicted molar refractivity (Wildman–Crippen MR) is 67.1 cm³/mol. The summed E-state index contributed by atoms with van der Waals surface area (Å²) < 4.78 is 4.97. The lowest BCUT2D eigenvalue weighted by atomic mass is 10.2. The molecule has 6 nitrogen and oxygen atoms in total. The van der Waals surface area contributed by atoms with Crippen LogP contribution in [0.2, 0.25) is 0 Å². The van der Waals surface area contributed by atoms with Gasteiger partial charge in [0.25, 0.3) is 5.69 Å². The third-order valence-corrected chi connectivity index (χ3v) is 2.40. The van der Waals surface area contributed by atoms with Gasteiger partial charge in [-0.15, -0.1) is 0 Å². The third kappa shape index (κ3) is 3.92. The van der Waals surface area contributed by atoms with Crippen molar-refractivity contribution in [2.24, 2.45) is 0 Å². The summed E-state index contributed by atoms with van der Waals surface area (Å²) in [5.74, 6) is 0. The smallest absolute Gasteiger partial charge is 0.271 e. The maximum atomic E-state index is 10.5. The number of non-ortho nitro benzene ring substituents is 1. The Morgan fingerprint density at radius 2 is 2.29 bits per heavy atom. The normalized spacial score (nSPS) is 12.1. The second kappa shape index (κ2) is 6.05. The van der Waals surface area contributed by atoms with Gasteiger partial charge < -0.3 is 15.8 Å². The fourth-order valence-corrected chi connectivity index (χ4v) is 1.43. The molecule has 0 heterocycles. The first-order valence-corrected chi connectivity index (χ1v) is 5.34. The number of nitro groups is 1. The molecule has 0 radical (unpaired) electrons. The number of nitrogen functional groups attached to an aromatic ring is 1. The van der Waals surface area contributed by atoms with Gasteiger partial charge in [-0.05, 0) is 19.4 Å². The largest absolute Gasteiger partial charge is 0.397 e. The van der Waals surface area contributed by atoms with Crippen molar-refractivity contribution in [2.75, 3.05) is 24.8 Å². The van der Waals surface area contributed by atoms with Gasteiger partial charge in [-0.3, -0.25) is 10.1 Å². The molecule has 1 aromatic rings. The van der Waals surface area contributed by atoms with Gasteiger partial charge in [-0.2, -0.15) is 0 Å². The first-order valence-electron chi connectivity index (χ1n) is 5.34. The molecule has 1 aromatic carbocycles. The fraction of sp³-hybridized carbons (Fsp3) is 0.455. The SMILES string of the molecule is COCCC(C)Nc1ccc([N+](=O)[O-])cc1N. The van der Waals surface area contributed by atoms with Gasteiger partial charge in [0.05, 0.1) is 16.3 Å². The van der Waals surface area contributed by atoms with E-state index in [9.17, 15) is 10.1 Å². The second-order valence-electron chi connectivity index (χ2n) is 3.86. The second-order valence-corrected chi connectivity index (χ2v) is 3.86. The van der Waals surface area contributed by atoms with E-state index in [1.54, 1.807) is 13.2 Å². The monoisotopic (exact) mass is 239 g/mol. The standard InChI is InChI=1S/C11H17N3O3/c1-8(5-6-17-2)13-11-4-3-9(14(15)16)7-10(11)12/h3-4,7-8,13H,5-6,12H2,1-2H3. The molecule has 1 atom stereocenters. The van der Waals surface area contributed by atoms with Crippen molar-refractivity contribution in [3.05, 3.63) is 28.3 Å². The van der Waals surface area contributed by atoms with Crippen LogP contribution < -0.4 is 11.1 Å². The molecule has 0 saturated carbocycles. The Hall–Kier alpha value is -1.82. The van der Waals surface area contributed by atoms with Crippen molar-refractivity contribution in [3.8, 4) is 0 Å². The molecule has 94 valence electrons. The quantitative estimate of drug-likeness (QED) is 0.450. The molecule has 17 heavy (non-hydrogen) atoms. The lowest BCUT2D eigenvalue weighted by molar-refractivity contribution is -0.384. The lowest BCUT2D eigenvalue weighted by Crippen LogP contribution is -2.18. The highest BCUT2D eigenvalue weighted by atomic mass is 16.6.